The number of hydrogen-bond donors (Lipinski definition) is 1. The smallest absolute Gasteiger partial charge is 0.423 e. The lowest BCUT2D eigenvalue weighted by Gasteiger charge is -2.17. The molecule has 2 aromatic rings. The minimum Gasteiger partial charge on any atom is -0.464 e. The largest absolute Gasteiger partial charge is 0.464 e. The van der Waals surface area contributed by atoms with Crippen LogP contribution in [0, 0.1) is 5.82 Å². The fraction of sp³-hybridized carbons (Fsp3) is 0.188. The number of nitrogens with zero attached hydrogens (tertiary/aromatic N) is 1. The number of rotatable bonds is 3. The fourth-order valence-electron chi connectivity index (χ4n) is 2.68. The van der Waals surface area contributed by atoms with Gasteiger partial charge in [-0.1, -0.05) is 35.9 Å². The van der Waals surface area contributed by atoms with E-state index >= 15 is 0 Å². The average Bonchev–Trinajstić information content (AvgIpc) is 2.85. The van der Waals surface area contributed by atoms with Crippen LogP contribution in [0.5, 0.6) is 0 Å². The summed E-state index contributed by atoms with van der Waals surface area (Å²) in [5.41, 5.74) is 1.65. The van der Waals surface area contributed by atoms with Gasteiger partial charge < -0.3 is 5.11 Å². The van der Waals surface area contributed by atoms with Gasteiger partial charge in [-0.05, 0) is 35.7 Å². The van der Waals surface area contributed by atoms with Gasteiger partial charge in [0.2, 0.25) is 0 Å². The lowest BCUT2D eigenvalue weighted by atomic mass is 10.0. The Morgan fingerprint density at radius 1 is 1.28 bits per heavy atom. The second kappa shape index (κ2) is 6.62. The zero-order chi connectivity index (χ0) is 18.2. The summed E-state index contributed by atoms with van der Waals surface area (Å²) in [5, 5.41) is 9.47. The van der Waals surface area contributed by atoms with Gasteiger partial charge >= 0.3 is 16.4 Å². The van der Waals surface area contributed by atoms with Crippen molar-refractivity contribution in [1.82, 2.24) is 4.31 Å². The summed E-state index contributed by atoms with van der Waals surface area (Å²) in [5.74, 6) is -0.413. The third-order valence-corrected chi connectivity index (χ3v) is 5.44. The van der Waals surface area contributed by atoms with E-state index in [-0.39, 0.29) is 13.0 Å². The van der Waals surface area contributed by atoms with Gasteiger partial charge in [0, 0.05) is 10.6 Å². The maximum Gasteiger partial charge on any atom is 0.423 e. The summed E-state index contributed by atoms with van der Waals surface area (Å²) >= 11 is 5.89. The number of amides is 1. The van der Waals surface area contributed by atoms with E-state index in [0.717, 1.165) is 0 Å². The Hall–Kier alpha value is -2.16. The summed E-state index contributed by atoms with van der Waals surface area (Å²) in [6.45, 7) is -0.237. The van der Waals surface area contributed by atoms with Crippen LogP contribution < -0.4 is 0 Å². The minimum atomic E-state index is -4.25. The van der Waals surface area contributed by atoms with Gasteiger partial charge in [0.05, 0.1) is 12.6 Å². The molecule has 1 atom stereocenters. The lowest BCUT2D eigenvalue weighted by molar-refractivity contribution is 0.164. The maximum atomic E-state index is 13.9. The molecule has 1 fully saturated rings. The third-order valence-electron chi connectivity index (χ3n) is 3.84. The van der Waals surface area contributed by atoms with Crippen LogP contribution in [0.25, 0.3) is 11.1 Å². The Morgan fingerprint density at radius 2 is 1.96 bits per heavy atom. The van der Waals surface area contributed by atoms with E-state index in [0.29, 0.717) is 26.0 Å². The van der Waals surface area contributed by atoms with Crippen molar-refractivity contribution in [3.8, 4) is 11.1 Å². The molecule has 1 unspecified atom stereocenters. The summed E-state index contributed by atoms with van der Waals surface area (Å²) in [6, 6.07) is 10.1. The quantitative estimate of drug-likeness (QED) is 0.876. The van der Waals surface area contributed by atoms with Crippen LogP contribution >= 0.6 is 11.6 Å². The Kier molecular flexibility index (Phi) is 4.68. The normalized spacial score (nSPS) is 19.1. The highest BCUT2D eigenvalue weighted by atomic mass is 35.5. The molecule has 1 amide bonds. The van der Waals surface area contributed by atoms with Crippen LogP contribution in [-0.2, 0) is 20.9 Å². The maximum absolute atomic E-state index is 13.9. The first-order valence-electron chi connectivity index (χ1n) is 7.24. The molecule has 1 aliphatic rings. The number of hydrogen-bond acceptors (Lipinski definition) is 4. The molecule has 0 aromatic heterocycles. The lowest BCUT2D eigenvalue weighted by Crippen LogP contribution is -2.39. The Balaban J connectivity index is 1.82. The average molecular weight is 386 g/mol. The van der Waals surface area contributed by atoms with Crippen LogP contribution in [0.2, 0.25) is 5.02 Å². The first-order chi connectivity index (χ1) is 11.8. The molecule has 1 saturated heterocycles. The zero-order valence-corrected chi connectivity index (χ0v) is 14.3. The molecule has 0 bridgehead atoms. The van der Waals surface area contributed by atoms with Gasteiger partial charge in [-0.15, -0.1) is 0 Å². The van der Waals surface area contributed by atoms with E-state index in [1.54, 1.807) is 24.3 Å². The van der Waals surface area contributed by atoms with E-state index in [9.17, 15) is 17.6 Å². The van der Waals surface area contributed by atoms with Crippen molar-refractivity contribution in [2.24, 2.45) is 0 Å². The van der Waals surface area contributed by atoms with E-state index < -0.39 is 28.3 Å². The molecule has 6 nitrogen and oxygen atoms in total. The highest BCUT2D eigenvalue weighted by Gasteiger charge is 2.42. The Morgan fingerprint density at radius 3 is 2.60 bits per heavy atom. The van der Waals surface area contributed by atoms with Gasteiger partial charge in [-0.3, -0.25) is 4.18 Å². The topological polar surface area (TPSA) is 83.9 Å². The molecule has 3 rings (SSSR count). The van der Waals surface area contributed by atoms with Crippen molar-refractivity contribution in [2.75, 3.05) is 6.61 Å². The van der Waals surface area contributed by atoms with Crippen LogP contribution in [0.1, 0.15) is 5.56 Å². The van der Waals surface area contributed by atoms with Crippen LogP contribution in [0.15, 0.2) is 42.5 Å². The number of carbonyl (C=O) groups is 1. The van der Waals surface area contributed by atoms with Gasteiger partial charge in [-0.25, -0.2) is 9.18 Å². The molecule has 1 N–H and O–H groups in total. The number of benzene rings is 2. The van der Waals surface area contributed by atoms with Gasteiger partial charge in [-0.2, -0.15) is 12.7 Å². The molecular weight excluding hydrogens is 373 g/mol. The molecule has 25 heavy (non-hydrogen) atoms. The highest BCUT2D eigenvalue weighted by molar-refractivity contribution is 7.85. The van der Waals surface area contributed by atoms with Crippen molar-refractivity contribution < 1.29 is 26.9 Å². The second-order valence-electron chi connectivity index (χ2n) is 5.50. The van der Waals surface area contributed by atoms with Crippen LogP contribution in [-0.4, -0.2) is 36.6 Å². The molecule has 0 spiro atoms. The molecule has 1 heterocycles. The van der Waals surface area contributed by atoms with Gasteiger partial charge in [0.25, 0.3) is 0 Å². The predicted molar refractivity (Wildman–Crippen MR) is 89.1 cm³/mol. The third kappa shape index (κ3) is 3.60. The molecular formula is C16H13ClFNO5S. The molecule has 0 radical (unpaired) electrons. The van der Waals surface area contributed by atoms with Crippen LogP contribution in [0.3, 0.4) is 0 Å². The highest BCUT2D eigenvalue weighted by Crippen LogP contribution is 2.27. The molecule has 0 aliphatic carbocycles. The van der Waals surface area contributed by atoms with Crippen molar-refractivity contribution in [2.45, 2.75) is 12.5 Å². The SMILES string of the molecule is O=C(O)N1C(Cc2ccc(-c3cc(Cl)ccc3F)cc2)COS1(=O)=O. The van der Waals surface area contributed by atoms with E-state index in [1.165, 1.54) is 18.2 Å². The summed E-state index contributed by atoms with van der Waals surface area (Å²) in [6.07, 6.45) is -1.43. The first kappa shape index (κ1) is 17.7. The summed E-state index contributed by atoms with van der Waals surface area (Å²) in [7, 11) is -4.25. The van der Waals surface area contributed by atoms with Crippen molar-refractivity contribution in [3.63, 3.8) is 0 Å². The molecule has 1 aliphatic heterocycles. The summed E-state index contributed by atoms with van der Waals surface area (Å²) in [4.78, 5) is 11.1. The van der Waals surface area contributed by atoms with Crippen molar-refractivity contribution in [3.05, 3.63) is 58.9 Å². The van der Waals surface area contributed by atoms with Gasteiger partial charge in [0.15, 0.2) is 0 Å². The fourth-order valence-corrected chi connectivity index (χ4v) is 3.98. The number of carboxylic acid groups (broad SMARTS) is 1. The molecule has 132 valence electrons. The predicted octanol–water partition coefficient (Wildman–Crippen LogP) is 3.31. The standard InChI is InChI=1S/C16H13ClFNO5S/c17-12-5-6-15(18)14(8-12)11-3-1-10(2-4-11)7-13-9-24-25(22,23)19(13)16(20)21/h1-6,8,13H,7,9H2,(H,20,21). The zero-order valence-electron chi connectivity index (χ0n) is 12.7. The van der Waals surface area contributed by atoms with Crippen molar-refractivity contribution >= 4 is 28.0 Å². The number of halogens is 2. The molecule has 2 aromatic carbocycles. The Bertz CT molecular complexity index is 917. The first-order valence-corrected chi connectivity index (χ1v) is 8.98. The van der Waals surface area contributed by atoms with Crippen molar-refractivity contribution in [1.29, 1.82) is 0 Å². The second-order valence-corrected chi connectivity index (χ2v) is 7.42. The summed E-state index contributed by atoms with van der Waals surface area (Å²) < 4.78 is 41.9. The van der Waals surface area contributed by atoms with E-state index in [1.807, 2.05) is 0 Å². The molecule has 9 heteroatoms. The van der Waals surface area contributed by atoms with Crippen LogP contribution in [0.4, 0.5) is 9.18 Å². The molecule has 0 saturated carbocycles. The van der Waals surface area contributed by atoms with Gasteiger partial charge in [0.1, 0.15) is 5.82 Å². The van der Waals surface area contributed by atoms with E-state index in [2.05, 4.69) is 4.18 Å². The Labute approximate surface area is 148 Å². The van der Waals surface area contributed by atoms with E-state index in [4.69, 9.17) is 16.7 Å². The monoisotopic (exact) mass is 385 g/mol. The minimum absolute atomic E-state index is 0.157.